The van der Waals surface area contributed by atoms with Crippen LogP contribution in [0.5, 0.6) is 0 Å². The van der Waals surface area contributed by atoms with Gasteiger partial charge in [0.05, 0.1) is 0 Å². The van der Waals surface area contributed by atoms with E-state index in [4.69, 9.17) is 0 Å². The van der Waals surface area contributed by atoms with Gasteiger partial charge < -0.3 is 10.4 Å². The Labute approximate surface area is 104 Å². The van der Waals surface area contributed by atoms with E-state index in [9.17, 15) is 9.90 Å². The fraction of sp³-hybridized carbons (Fsp3) is 0.154. The molecule has 0 aliphatic carbocycles. The van der Waals surface area contributed by atoms with Crippen LogP contribution in [0, 0.1) is 6.92 Å². The molecule has 0 saturated heterocycles. The van der Waals surface area contributed by atoms with Gasteiger partial charge >= 0.3 is 5.97 Å². The molecule has 17 heavy (non-hydrogen) atoms. The summed E-state index contributed by atoms with van der Waals surface area (Å²) in [6.07, 6.45) is 0. The largest absolute Gasteiger partial charge is 0.478 e. The summed E-state index contributed by atoms with van der Waals surface area (Å²) in [5.41, 5.74) is 3.22. The van der Waals surface area contributed by atoms with E-state index in [2.05, 4.69) is 5.32 Å². The second kappa shape index (κ2) is 4.59. The van der Waals surface area contributed by atoms with Crippen molar-refractivity contribution in [1.29, 1.82) is 0 Å². The molecule has 2 N–H and O–H groups in total. The Hall–Kier alpha value is -1.81. The minimum atomic E-state index is -0.897. The molecule has 88 valence electrons. The van der Waals surface area contributed by atoms with Crippen molar-refractivity contribution in [2.24, 2.45) is 0 Å². The molecule has 0 unspecified atom stereocenters. The van der Waals surface area contributed by atoms with Gasteiger partial charge in [-0.2, -0.15) is 0 Å². The van der Waals surface area contributed by atoms with Crippen LogP contribution in [0.25, 0.3) is 11.1 Å². The van der Waals surface area contributed by atoms with E-state index < -0.39 is 5.97 Å². The van der Waals surface area contributed by atoms with E-state index in [1.165, 1.54) is 11.3 Å². The van der Waals surface area contributed by atoms with Gasteiger partial charge in [0.2, 0.25) is 0 Å². The Balaban J connectivity index is 2.55. The smallest absolute Gasteiger partial charge is 0.339 e. The van der Waals surface area contributed by atoms with Crippen LogP contribution >= 0.6 is 11.3 Å². The highest BCUT2D eigenvalue weighted by atomic mass is 32.1. The first-order valence-corrected chi connectivity index (χ1v) is 6.11. The number of aromatic carboxylic acids is 1. The van der Waals surface area contributed by atoms with Gasteiger partial charge in [-0.25, -0.2) is 4.79 Å². The lowest BCUT2D eigenvalue weighted by Gasteiger charge is -2.03. The molecule has 2 aromatic rings. The first-order chi connectivity index (χ1) is 8.13. The van der Waals surface area contributed by atoms with E-state index in [-0.39, 0.29) is 0 Å². The molecule has 1 aromatic carbocycles. The summed E-state index contributed by atoms with van der Waals surface area (Å²) < 4.78 is 0. The quantitative estimate of drug-likeness (QED) is 0.873. The van der Waals surface area contributed by atoms with Crippen LogP contribution < -0.4 is 5.32 Å². The number of nitrogens with one attached hydrogen (secondary N) is 1. The van der Waals surface area contributed by atoms with Gasteiger partial charge in [0.1, 0.15) is 10.6 Å². The van der Waals surface area contributed by atoms with Gasteiger partial charge in [-0.05, 0) is 12.5 Å². The Morgan fingerprint density at radius 2 is 1.94 bits per heavy atom. The highest BCUT2D eigenvalue weighted by molar-refractivity contribution is 7.15. The van der Waals surface area contributed by atoms with E-state index in [1.807, 2.05) is 36.6 Å². The van der Waals surface area contributed by atoms with Crippen molar-refractivity contribution in [3.8, 4) is 11.1 Å². The topological polar surface area (TPSA) is 49.3 Å². The van der Waals surface area contributed by atoms with Crippen LogP contribution in [-0.4, -0.2) is 18.1 Å². The molecule has 4 heteroatoms. The summed E-state index contributed by atoms with van der Waals surface area (Å²) in [4.78, 5) is 11.3. The number of benzene rings is 1. The summed E-state index contributed by atoms with van der Waals surface area (Å²) in [6, 6.07) is 7.86. The third kappa shape index (κ3) is 2.17. The monoisotopic (exact) mass is 247 g/mol. The number of thiophene rings is 1. The number of rotatable bonds is 3. The summed E-state index contributed by atoms with van der Waals surface area (Å²) in [5.74, 6) is -0.897. The zero-order valence-corrected chi connectivity index (χ0v) is 10.5. The predicted octanol–water partition coefficient (Wildman–Crippen LogP) is 3.46. The molecule has 0 amide bonds. The van der Waals surface area contributed by atoms with E-state index in [1.54, 1.807) is 7.05 Å². The van der Waals surface area contributed by atoms with Crippen LogP contribution in [0.1, 0.15) is 15.9 Å². The molecule has 1 heterocycles. The standard InChI is InChI=1S/C13H13NO2S/c1-8-3-5-9(6-4-8)10-7-17-12(14-2)11(10)13(15)16/h3-7,14H,1-2H3,(H,15,16). The number of anilines is 1. The molecule has 0 aliphatic rings. The zero-order chi connectivity index (χ0) is 12.4. The van der Waals surface area contributed by atoms with Gasteiger partial charge in [0, 0.05) is 18.0 Å². The third-order valence-electron chi connectivity index (χ3n) is 2.59. The van der Waals surface area contributed by atoms with Crippen molar-refractivity contribution < 1.29 is 9.90 Å². The molecule has 2 rings (SSSR count). The molecule has 0 radical (unpaired) electrons. The summed E-state index contributed by atoms with van der Waals surface area (Å²) in [6.45, 7) is 2.01. The van der Waals surface area contributed by atoms with Crippen LogP contribution in [0.4, 0.5) is 5.00 Å². The van der Waals surface area contributed by atoms with Gasteiger partial charge in [-0.1, -0.05) is 29.8 Å². The number of carbonyl (C=O) groups is 1. The van der Waals surface area contributed by atoms with Gasteiger partial charge in [-0.3, -0.25) is 0 Å². The first kappa shape index (κ1) is 11.7. The predicted molar refractivity (Wildman–Crippen MR) is 71.0 cm³/mol. The van der Waals surface area contributed by atoms with Gasteiger partial charge in [0.15, 0.2) is 0 Å². The van der Waals surface area contributed by atoms with E-state index >= 15 is 0 Å². The fourth-order valence-electron chi connectivity index (χ4n) is 1.70. The van der Waals surface area contributed by atoms with Crippen molar-refractivity contribution in [3.05, 3.63) is 40.8 Å². The normalized spacial score (nSPS) is 10.2. The third-order valence-corrected chi connectivity index (χ3v) is 3.59. The average molecular weight is 247 g/mol. The Kier molecular flexibility index (Phi) is 3.15. The molecule has 0 atom stereocenters. The van der Waals surface area contributed by atoms with Crippen LogP contribution in [0.3, 0.4) is 0 Å². The molecule has 1 aromatic heterocycles. The van der Waals surface area contributed by atoms with Crippen LogP contribution in [-0.2, 0) is 0 Å². The second-order valence-corrected chi connectivity index (χ2v) is 4.65. The number of hydrogen-bond acceptors (Lipinski definition) is 3. The molecular weight excluding hydrogens is 234 g/mol. The Bertz CT molecular complexity index is 543. The number of carboxylic acid groups (broad SMARTS) is 1. The second-order valence-electron chi connectivity index (χ2n) is 3.77. The SMILES string of the molecule is CNc1scc(-c2ccc(C)cc2)c1C(=O)O. The van der Waals surface area contributed by atoms with Crippen LogP contribution in [0.2, 0.25) is 0 Å². The summed E-state index contributed by atoms with van der Waals surface area (Å²) >= 11 is 1.41. The molecule has 0 spiro atoms. The average Bonchev–Trinajstić information content (AvgIpc) is 2.73. The van der Waals surface area contributed by atoms with E-state index in [0.717, 1.165) is 16.7 Å². The van der Waals surface area contributed by atoms with Crippen LogP contribution in [0.15, 0.2) is 29.6 Å². The van der Waals surface area contributed by atoms with Gasteiger partial charge in [-0.15, -0.1) is 11.3 Å². The highest BCUT2D eigenvalue weighted by Crippen LogP contribution is 2.35. The molecule has 0 fully saturated rings. The lowest BCUT2D eigenvalue weighted by molar-refractivity contribution is 0.0699. The minimum Gasteiger partial charge on any atom is -0.478 e. The number of carboxylic acids is 1. The molecule has 3 nitrogen and oxygen atoms in total. The van der Waals surface area contributed by atoms with Crippen molar-refractivity contribution in [1.82, 2.24) is 0 Å². The first-order valence-electron chi connectivity index (χ1n) is 5.23. The lowest BCUT2D eigenvalue weighted by Crippen LogP contribution is -2.00. The minimum absolute atomic E-state index is 0.348. The zero-order valence-electron chi connectivity index (χ0n) is 9.65. The highest BCUT2D eigenvalue weighted by Gasteiger charge is 2.18. The molecule has 0 saturated carbocycles. The Morgan fingerprint density at radius 1 is 1.29 bits per heavy atom. The summed E-state index contributed by atoms with van der Waals surface area (Å²) in [7, 11) is 1.73. The Morgan fingerprint density at radius 3 is 2.47 bits per heavy atom. The van der Waals surface area contributed by atoms with Crippen molar-refractivity contribution in [2.75, 3.05) is 12.4 Å². The summed E-state index contributed by atoms with van der Waals surface area (Å²) in [5, 5.41) is 14.7. The maximum Gasteiger partial charge on any atom is 0.339 e. The fourth-order valence-corrected chi connectivity index (χ4v) is 2.62. The molecule has 0 aliphatic heterocycles. The van der Waals surface area contributed by atoms with Gasteiger partial charge in [0.25, 0.3) is 0 Å². The number of aryl methyl sites for hydroxylation is 1. The van der Waals surface area contributed by atoms with Crippen molar-refractivity contribution in [3.63, 3.8) is 0 Å². The molecule has 0 bridgehead atoms. The van der Waals surface area contributed by atoms with E-state index in [0.29, 0.717) is 10.6 Å². The van der Waals surface area contributed by atoms with Crippen molar-refractivity contribution >= 4 is 22.3 Å². The maximum atomic E-state index is 11.3. The van der Waals surface area contributed by atoms with Crippen molar-refractivity contribution in [2.45, 2.75) is 6.92 Å². The lowest BCUT2D eigenvalue weighted by atomic mass is 10.0. The molecular formula is C13H13NO2S. The number of hydrogen-bond donors (Lipinski definition) is 2. The maximum absolute atomic E-state index is 11.3.